The number of hydrogen-bond donors (Lipinski definition) is 4. The molecule has 1 aromatic carbocycles. The van der Waals surface area contributed by atoms with Crippen LogP contribution in [0.4, 0.5) is 0 Å². The first-order chi connectivity index (χ1) is 9.38. The van der Waals surface area contributed by atoms with Crippen molar-refractivity contribution in [1.29, 1.82) is 0 Å². The first kappa shape index (κ1) is 16.3. The van der Waals surface area contributed by atoms with E-state index in [9.17, 15) is 15.0 Å². The number of amides is 1. The predicted molar refractivity (Wildman–Crippen MR) is 78.7 cm³/mol. The predicted octanol–water partition coefficient (Wildman–Crippen LogP) is 1.91. The van der Waals surface area contributed by atoms with E-state index in [1.165, 1.54) is 6.07 Å². The number of benzene rings is 1. The van der Waals surface area contributed by atoms with Crippen LogP contribution in [0.15, 0.2) is 18.2 Å². The molecule has 1 atom stereocenters. The van der Waals surface area contributed by atoms with Gasteiger partial charge in [-0.3, -0.25) is 4.79 Å². The summed E-state index contributed by atoms with van der Waals surface area (Å²) in [5.74, 6) is 0.532. The molecule has 20 heavy (non-hydrogen) atoms. The Hall–Kier alpha value is -1.75. The minimum Gasteiger partial charge on any atom is -0.508 e. The summed E-state index contributed by atoms with van der Waals surface area (Å²) in [4.78, 5) is 11.5. The summed E-state index contributed by atoms with van der Waals surface area (Å²) in [7, 11) is 0. The fraction of sp³-hybridized carbons (Fsp3) is 0.533. The highest BCUT2D eigenvalue weighted by molar-refractivity contribution is 5.76. The number of rotatable bonds is 7. The molecule has 1 unspecified atom stereocenters. The molecule has 0 aliphatic heterocycles. The summed E-state index contributed by atoms with van der Waals surface area (Å²) < 4.78 is 0. The lowest BCUT2D eigenvalue weighted by Gasteiger charge is -2.15. The van der Waals surface area contributed by atoms with Crippen LogP contribution in [0.2, 0.25) is 0 Å². The van der Waals surface area contributed by atoms with E-state index >= 15 is 0 Å². The fourth-order valence-corrected chi connectivity index (χ4v) is 1.79. The quantitative estimate of drug-likeness (QED) is 0.615. The van der Waals surface area contributed by atoms with Gasteiger partial charge in [0.15, 0.2) is 0 Å². The lowest BCUT2D eigenvalue weighted by molar-refractivity contribution is -0.121. The Morgan fingerprint density at radius 3 is 2.30 bits per heavy atom. The Morgan fingerprint density at radius 2 is 1.75 bits per heavy atom. The Labute approximate surface area is 120 Å². The molecular weight excluding hydrogens is 256 g/mol. The summed E-state index contributed by atoms with van der Waals surface area (Å²) in [6, 6.07) is 4.42. The van der Waals surface area contributed by atoms with E-state index in [0.29, 0.717) is 25.4 Å². The van der Waals surface area contributed by atoms with Gasteiger partial charge in [-0.2, -0.15) is 0 Å². The van der Waals surface area contributed by atoms with Gasteiger partial charge in [0.2, 0.25) is 5.91 Å². The summed E-state index contributed by atoms with van der Waals surface area (Å²) in [5, 5.41) is 24.9. The molecule has 0 saturated carbocycles. The molecule has 1 amide bonds. The monoisotopic (exact) mass is 280 g/mol. The lowest BCUT2D eigenvalue weighted by atomic mass is 10.1. The van der Waals surface area contributed by atoms with E-state index in [1.54, 1.807) is 12.1 Å². The second-order valence-corrected chi connectivity index (χ2v) is 5.41. The van der Waals surface area contributed by atoms with Crippen molar-refractivity contribution in [2.24, 2.45) is 5.92 Å². The van der Waals surface area contributed by atoms with Crippen molar-refractivity contribution >= 4 is 5.91 Å². The van der Waals surface area contributed by atoms with Crippen LogP contribution in [0.1, 0.15) is 38.8 Å². The van der Waals surface area contributed by atoms with Gasteiger partial charge in [0.05, 0.1) is 0 Å². The number of hydrogen-bond acceptors (Lipinski definition) is 4. The van der Waals surface area contributed by atoms with E-state index in [0.717, 1.165) is 5.56 Å². The van der Waals surface area contributed by atoms with E-state index in [1.807, 2.05) is 6.92 Å². The van der Waals surface area contributed by atoms with Crippen LogP contribution in [0.5, 0.6) is 11.5 Å². The molecule has 0 heterocycles. The van der Waals surface area contributed by atoms with E-state index < -0.39 is 0 Å². The Bertz CT molecular complexity index is 426. The normalized spacial score (nSPS) is 12.4. The second-order valence-electron chi connectivity index (χ2n) is 5.41. The highest BCUT2D eigenvalue weighted by atomic mass is 16.3. The lowest BCUT2D eigenvalue weighted by Crippen LogP contribution is -2.31. The number of carbonyl (C=O) groups is 1. The van der Waals surface area contributed by atoms with Crippen LogP contribution in [0, 0.1) is 5.92 Å². The van der Waals surface area contributed by atoms with E-state index in [4.69, 9.17) is 0 Å². The van der Waals surface area contributed by atoms with Crippen LogP contribution in [-0.4, -0.2) is 29.2 Å². The number of nitrogens with one attached hydrogen (secondary N) is 2. The standard InChI is InChI=1S/C15H24N2O3/c1-10(2)9-17-15(20)4-5-16-11(3)12-6-13(18)8-14(19)7-12/h6-8,10-11,16,18-19H,4-5,9H2,1-3H3,(H,17,20). The van der Waals surface area contributed by atoms with Crippen molar-refractivity contribution in [2.45, 2.75) is 33.2 Å². The summed E-state index contributed by atoms with van der Waals surface area (Å²) >= 11 is 0. The summed E-state index contributed by atoms with van der Waals surface area (Å²) in [6.45, 7) is 7.25. The molecule has 0 aliphatic rings. The van der Waals surface area contributed by atoms with Crippen molar-refractivity contribution in [2.75, 3.05) is 13.1 Å². The average molecular weight is 280 g/mol. The average Bonchev–Trinajstić information content (AvgIpc) is 2.35. The number of phenols is 2. The van der Waals surface area contributed by atoms with E-state index in [2.05, 4.69) is 24.5 Å². The van der Waals surface area contributed by atoms with Crippen molar-refractivity contribution in [3.05, 3.63) is 23.8 Å². The maximum absolute atomic E-state index is 11.5. The molecule has 0 radical (unpaired) electrons. The van der Waals surface area contributed by atoms with Crippen molar-refractivity contribution in [3.8, 4) is 11.5 Å². The number of aromatic hydroxyl groups is 2. The number of phenolic OH excluding ortho intramolecular Hbond substituents is 2. The highest BCUT2D eigenvalue weighted by Gasteiger charge is 2.09. The van der Waals surface area contributed by atoms with Gasteiger partial charge in [0, 0.05) is 31.6 Å². The SMILES string of the molecule is CC(C)CNC(=O)CCNC(C)c1cc(O)cc(O)c1. The molecule has 1 rings (SSSR count). The third kappa shape index (κ3) is 5.93. The zero-order chi connectivity index (χ0) is 15.1. The fourth-order valence-electron chi connectivity index (χ4n) is 1.79. The molecular formula is C15H24N2O3. The van der Waals surface area contributed by atoms with Gasteiger partial charge >= 0.3 is 0 Å². The Morgan fingerprint density at radius 1 is 1.15 bits per heavy atom. The molecule has 0 saturated heterocycles. The van der Waals surface area contributed by atoms with Crippen molar-refractivity contribution in [3.63, 3.8) is 0 Å². The van der Waals surface area contributed by atoms with Crippen molar-refractivity contribution < 1.29 is 15.0 Å². The molecule has 5 heteroatoms. The maximum atomic E-state index is 11.5. The Kier molecular flexibility index (Phi) is 6.31. The molecule has 0 bridgehead atoms. The van der Waals surface area contributed by atoms with Crippen LogP contribution >= 0.6 is 0 Å². The topological polar surface area (TPSA) is 81.6 Å². The van der Waals surface area contributed by atoms with Gasteiger partial charge in [-0.05, 0) is 30.5 Å². The summed E-state index contributed by atoms with van der Waals surface area (Å²) in [6.07, 6.45) is 0.405. The van der Waals surface area contributed by atoms with Crippen LogP contribution in [-0.2, 0) is 4.79 Å². The van der Waals surface area contributed by atoms with Crippen molar-refractivity contribution in [1.82, 2.24) is 10.6 Å². The van der Waals surface area contributed by atoms with Crippen LogP contribution in [0.3, 0.4) is 0 Å². The molecule has 5 nitrogen and oxygen atoms in total. The van der Waals surface area contributed by atoms with Gasteiger partial charge < -0.3 is 20.8 Å². The van der Waals surface area contributed by atoms with Gasteiger partial charge in [-0.25, -0.2) is 0 Å². The molecule has 0 fully saturated rings. The second kappa shape index (κ2) is 7.75. The Balaban J connectivity index is 2.36. The molecule has 1 aromatic rings. The minimum absolute atomic E-state index is 0.0251. The minimum atomic E-state index is -0.0501. The molecule has 4 N–H and O–H groups in total. The maximum Gasteiger partial charge on any atom is 0.221 e. The van der Waals surface area contributed by atoms with Crippen LogP contribution in [0.25, 0.3) is 0 Å². The molecule has 0 aromatic heterocycles. The van der Waals surface area contributed by atoms with Gasteiger partial charge in [-0.15, -0.1) is 0 Å². The number of carbonyl (C=O) groups excluding carboxylic acids is 1. The zero-order valence-corrected chi connectivity index (χ0v) is 12.3. The molecule has 0 spiro atoms. The van der Waals surface area contributed by atoms with Crippen LogP contribution < -0.4 is 10.6 Å². The first-order valence-electron chi connectivity index (χ1n) is 6.91. The van der Waals surface area contributed by atoms with Gasteiger partial charge in [-0.1, -0.05) is 13.8 Å². The smallest absolute Gasteiger partial charge is 0.221 e. The largest absolute Gasteiger partial charge is 0.508 e. The highest BCUT2D eigenvalue weighted by Crippen LogP contribution is 2.24. The van der Waals surface area contributed by atoms with Gasteiger partial charge in [0.1, 0.15) is 11.5 Å². The first-order valence-corrected chi connectivity index (χ1v) is 6.91. The molecule has 0 aliphatic carbocycles. The zero-order valence-electron chi connectivity index (χ0n) is 12.3. The van der Waals surface area contributed by atoms with E-state index in [-0.39, 0.29) is 23.4 Å². The van der Waals surface area contributed by atoms with Gasteiger partial charge in [0.25, 0.3) is 0 Å². The summed E-state index contributed by atoms with van der Waals surface area (Å²) in [5.41, 5.74) is 0.782. The third-order valence-corrected chi connectivity index (χ3v) is 2.93. The molecule has 112 valence electrons. The third-order valence-electron chi connectivity index (χ3n) is 2.93.